The topological polar surface area (TPSA) is 27.7 Å². The maximum absolute atomic E-state index is 5.55. The summed E-state index contributed by atoms with van der Waals surface area (Å²) < 4.78 is 15.7. The maximum Gasteiger partial charge on any atom is 0.380 e. The van der Waals surface area contributed by atoms with Crippen molar-refractivity contribution in [2.45, 2.75) is 11.8 Å². The standard InChI is InChI=1S/C10H15O3PS2/c1-8-7-9(5-6-10(8)16-4)13-14(15,11-2)12-3/h5-7H,1-4H3/i15+3. The molecule has 0 radical (unpaired) electrons. The molecule has 90 valence electrons. The fourth-order valence-electron chi connectivity index (χ4n) is 1.19. The minimum absolute atomic E-state index is 0.683. The van der Waals surface area contributed by atoms with Crippen molar-refractivity contribution in [3.63, 3.8) is 0 Å². The minimum Gasteiger partial charge on any atom is -0.424 e. The lowest BCUT2D eigenvalue weighted by Gasteiger charge is -2.18. The summed E-state index contributed by atoms with van der Waals surface area (Å²) in [6.07, 6.45) is 2.04. The Balaban J connectivity index is 2.91. The lowest BCUT2D eigenvalue weighted by molar-refractivity contribution is 0.273. The highest BCUT2D eigenvalue weighted by Crippen LogP contribution is 2.48. The van der Waals surface area contributed by atoms with Crippen LogP contribution in [0.15, 0.2) is 23.1 Å². The second kappa shape index (κ2) is 6.03. The molecular weight excluding hydrogens is 266 g/mol. The van der Waals surface area contributed by atoms with Crippen LogP contribution in [0.4, 0.5) is 0 Å². The van der Waals surface area contributed by atoms with Gasteiger partial charge in [0.2, 0.25) is 0 Å². The monoisotopic (exact) mass is 281 g/mol. The van der Waals surface area contributed by atoms with Gasteiger partial charge in [-0.1, -0.05) is 0 Å². The Morgan fingerprint density at radius 1 is 1.25 bits per heavy atom. The van der Waals surface area contributed by atoms with Gasteiger partial charge in [-0.2, -0.15) is 0 Å². The van der Waals surface area contributed by atoms with Crippen LogP contribution in [0.25, 0.3) is 0 Å². The first kappa shape index (κ1) is 14.0. The van der Waals surface area contributed by atoms with E-state index in [1.807, 2.05) is 31.4 Å². The first-order valence-corrected chi connectivity index (χ1v) is 8.38. The molecule has 0 spiro atoms. The zero-order chi connectivity index (χ0) is 12.2. The highest BCUT2D eigenvalue weighted by molar-refractivity contribution is 8.07. The molecule has 0 bridgehead atoms. The van der Waals surface area contributed by atoms with E-state index in [4.69, 9.17) is 25.4 Å². The number of benzene rings is 1. The fourth-order valence-corrected chi connectivity index (χ4v) is 2.70. The Morgan fingerprint density at radius 2 is 1.88 bits per heavy atom. The molecule has 0 saturated carbocycles. The van der Waals surface area contributed by atoms with Crippen molar-refractivity contribution in [1.29, 1.82) is 0 Å². The summed E-state index contributed by atoms with van der Waals surface area (Å²) >= 11 is 6.83. The molecule has 0 heterocycles. The molecule has 0 atom stereocenters. The number of thioether (sulfide) groups is 1. The normalized spacial score (nSPS) is 11.5. The van der Waals surface area contributed by atoms with Crippen molar-refractivity contribution >= 4 is 30.3 Å². The molecule has 0 N–H and O–H groups in total. The van der Waals surface area contributed by atoms with Crippen LogP contribution < -0.4 is 4.52 Å². The second-order valence-corrected chi connectivity index (χ2v) is 7.03. The molecule has 0 unspecified atom stereocenters. The van der Waals surface area contributed by atoms with E-state index in [9.17, 15) is 0 Å². The molecule has 0 aromatic heterocycles. The fraction of sp³-hybridized carbons (Fsp3) is 0.400. The van der Waals surface area contributed by atoms with E-state index in [0.29, 0.717) is 5.75 Å². The van der Waals surface area contributed by atoms with Crippen molar-refractivity contribution in [3.8, 4) is 5.75 Å². The molecule has 0 aliphatic rings. The van der Waals surface area contributed by atoms with Crippen LogP contribution in [0.1, 0.15) is 5.56 Å². The van der Waals surface area contributed by atoms with Gasteiger partial charge in [0.15, 0.2) is 0 Å². The molecule has 6 heteroatoms. The molecule has 0 amide bonds. The molecule has 0 aliphatic carbocycles. The number of hydrogen-bond donors (Lipinski definition) is 0. The predicted octanol–water partition coefficient (Wildman–Crippen LogP) is 3.61. The molecule has 3 nitrogen and oxygen atoms in total. The summed E-state index contributed by atoms with van der Waals surface area (Å²) in [5, 5.41) is 0. The van der Waals surface area contributed by atoms with Gasteiger partial charge in [-0.3, -0.25) is 0 Å². The van der Waals surface area contributed by atoms with Crippen LogP contribution in [0.3, 0.4) is 0 Å². The van der Waals surface area contributed by atoms with E-state index >= 15 is 0 Å². The molecule has 16 heavy (non-hydrogen) atoms. The van der Waals surface area contributed by atoms with Crippen LogP contribution in [0.2, 0.25) is 0 Å². The van der Waals surface area contributed by atoms with Crippen molar-refractivity contribution in [3.05, 3.63) is 23.8 Å². The Morgan fingerprint density at radius 3 is 2.31 bits per heavy atom. The van der Waals surface area contributed by atoms with E-state index in [2.05, 4.69) is 0 Å². The summed E-state index contributed by atoms with van der Waals surface area (Å²) in [6.45, 7) is -0.590. The smallest absolute Gasteiger partial charge is 0.380 e. The number of rotatable bonds is 5. The third-order valence-corrected chi connectivity index (χ3v) is 5.38. The van der Waals surface area contributed by atoms with Crippen LogP contribution in [-0.2, 0) is 20.9 Å². The van der Waals surface area contributed by atoms with Gasteiger partial charge in [-0.05, 0) is 36.9 Å². The molecular formula is C10H15O3PS2. The number of aryl methyl sites for hydroxylation is 1. The van der Waals surface area contributed by atoms with Gasteiger partial charge in [-0.15, -0.1) is 11.8 Å². The summed E-state index contributed by atoms with van der Waals surface area (Å²) in [5.41, 5.74) is 1.15. The summed E-state index contributed by atoms with van der Waals surface area (Å²) in [4.78, 5) is 1.22. The third-order valence-electron chi connectivity index (χ3n) is 2.03. The summed E-state index contributed by atoms with van der Waals surface area (Å²) in [6, 6.07) is 5.81. The van der Waals surface area contributed by atoms with E-state index in [-0.39, 0.29) is 0 Å². The van der Waals surface area contributed by atoms with Gasteiger partial charge in [0.05, 0.1) is 0 Å². The molecule has 0 fully saturated rings. The average Bonchev–Trinajstić information content (AvgIpc) is 2.29. The largest absolute Gasteiger partial charge is 0.424 e. The maximum atomic E-state index is 5.55. The second-order valence-electron chi connectivity index (χ2n) is 3.04. The van der Waals surface area contributed by atoms with Crippen molar-refractivity contribution < 1.29 is 13.6 Å². The Bertz CT molecular complexity index is 401. The van der Waals surface area contributed by atoms with E-state index in [1.54, 1.807) is 11.8 Å². The Hall–Kier alpha value is -0.0600. The van der Waals surface area contributed by atoms with Gasteiger partial charge < -0.3 is 13.6 Å². The van der Waals surface area contributed by atoms with Gasteiger partial charge in [0.1, 0.15) is 5.75 Å². The van der Waals surface area contributed by atoms with Crippen LogP contribution >= 0.6 is 18.5 Å². The van der Waals surface area contributed by atoms with Crippen molar-refractivity contribution in [1.82, 2.24) is 0 Å². The SMILES string of the molecule is COP(=[35S])(OC)Oc1ccc(SC)c(C)c1. The zero-order valence-electron chi connectivity index (χ0n) is 9.72. The van der Waals surface area contributed by atoms with E-state index in [1.165, 1.54) is 19.1 Å². The van der Waals surface area contributed by atoms with Gasteiger partial charge in [-0.25, -0.2) is 0 Å². The molecule has 0 aliphatic heterocycles. The molecule has 1 aromatic carbocycles. The molecule has 1 aromatic rings. The lowest BCUT2D eigenvalue weighted by Crippen LogP contribution is -1.97. The average molecular weight is 281 g/mol. The Labute approximate surface area is 106 Å². The van der Waals surface area contributed by atoms with Gasteiger partial charge in [0, 0.05) is 30.9 Å². The van der Waals surface area contributed by atoms with E-state index < -0.39 is 6.72 Å². The third kappa shape index (κ3) is 3.47. The molecule has 0 saturated heterocycles. The first-order valence-electron chi connectivity index (χ1n) is 4.60. The molecule has 1 rings (SSSR count). The first-order chi connectivity index (χ1) is 7.54. The van der Waals surface area contributed by atoms with Crippen molar-refractivity contribution in [2.75, 3.05) is 20.5 Å². The summed E-state index contributed by atoms with van der Waals surface area (Å²) in [5.74, 6) is 0.683. The predicted molar refractivity (Wildman–Crippen MR) is 71.9 cm³/mol. The Kier molecular flexibility index (Phi) is 5.28. The van der Waals surface area contributed by atoms with Crippen molar-refractivity contribution in [2.24, 2.45) is 0 Å². The van der Waals surface area contributed by atoms with Gasteiger partial charge in [0.25, 0.3) is 0 Å². The number of hydrogen-bond acceptors (Lipinski definition) is 5. The highest BCUT2D eigenvalue weighted by Gasteiger charge is 2.18. The zero-order valence-corrected chi connectivity index (χ0v) is 12.2. The quantitative estimate of drug-likeness (QED) is 0.607. The van der Waals surface area contributed by atoms with Gasteiger partial charge >= 0.3 is 6.72 Å². The van der Waals surface area contributed by atoms with Crippen LogP contribution in [0, 0.1) is 6.92 Å². The van der Waals surface area contributed by atoms with Crippen LogP contribution in [-0.4, -0.2) is 20.5 Å². The summed E-state index contributed by atoms with van der Waals surface area (Å²) in [7, 11) is 2.99. The van der Waals surface area contributed by atoms with Crippen LogP contribution in [0.5, 0.6) is 5.75 Å². The highest BCUT2D eigenvalue weighted by atomic mass is 35.1. The van der Waals surface area contributed by atoms with E-state index in [0.717, 1.165) is 5.56 Å². The lowest BCUT2D eigenvalue weighted by atomic mass is 10.2. The minimum atomic E-state index is -2.62.